The van der Waals surface area contributed by atoms with Crippen molar-refractivity contribution in [2.45, 2.75) is 45.8 Å². The van der Waals surface area contributed by atoms with Crippen molar-refractivity contribution in [1.82, 2.24) is 15.4 Å². The van der Waals surface area contributed by atoms with E-state index in [9.17, 15) is 19.2 Å². The van der Waals surface area contributed by atoms with Crippen LogP contribution in [0.1, 0.15) is 33.0 Å². The van der Waals surface area contributed by atoms with Crippen LogP contribution in [-0.2, 0) is 19.1 Å². The highest BCUT2D eigenvalue weighted by atomic mass is 16.5. The zero-order chi connectivity index (χ0) is 18.8. The van der Waals surface area contributed by atoms with Gasteiger partial charge in [0.1, 0.15) is 11.3 Å². The van der Waals surface area contributed by atoms with Crippen molar-refractivity contribution in [2.24, 2.45) is 0 Å². The molecule has 1 fully saturated rings. The first-order valence-corrected chi connectivity index (χ1v) is 7.68. The Hall–Kier alpha value is -2.91. The molecule has 0 saturated carbocycles. The smallest absolute Gasteiger partial charge is 0.325 e. The van der Waals surface area contributed by atoms with Crippen molar-refractivity contribution in [3.63, 3.8) is 0 Å². The summed E-state index contributed by atoms with van der Waals surface area (Å²) in [6, 6.07) is 0.959. The van der Waals surface area contributed by atoms with Gasteiger partial charge >= 0.3 is 12.0 Å². The first-order chi connectivity index (χ1) is 11.6. The first-order valence-electron chi connectivity index (χ1n) is 7.68. The number of esters is 1. The van der Waals surface area contributed by atoms with Gasteiger partial charge in [0.15, 0.2) is 11.9 Å². The van der Waals surface area contributed by atoms with E-state index in [0.29, 0.717) is 5.76 Å². The van der Waals surface area contributed by atoms with Gasteiger partial charge in [-0.3, -0.25) is 19.3 Å². The zero-order valence-corrected chi connectivity index (χ0v) is 14.4. The Balaban J connectivity index is 1.80. The number of imide groups is 1. The third-order valence-electron chi connectivity index (χ3n) is 3.54. The Bertz CT molecular complexity index is 711. The minimum Gasteiger partial charge on any atom is -0.452 e. The molecule has 0 bridgehead atoms. The fraction of sp³-hybridized carbons (Fsp3) is 0.533. The second kappa shape index (κ2) is 6.91. The first kappa shape index (κ1) is 18.4. The quantitative estimate of drug-likeness (QED) is 0.565. The van der Waals surface area contributed by atoms with Crippen molar-refractivity contribution >= 4 is 29.6 Å². The maximum atomic E-state index is 12.0. The van der Waals surface area contributed by atoms with Crippen molar-refractivity contribution in [2.75, 3.05) is 11.9 Å². The van der Waals surface area contributed by atoms with Crippen LogP contribution in [0, 0.1) is 6.92 Å². The lowest BCUT2D eigenvalue weighted by Crippen LogP contribution is -2.40. The van der Waals surface area contributed by atoms with Gasteiger partial charge in [-0.25, -0.2) is 4.79 Å². The number of aryl methyl sites for hydroxylation is 1. The van der Waals surface area contributed by atoms with Crippen LogP contribution in [0.15, 0.2) is 10.6 Å². The summed E-state index contributed by atoms with van der Waals surface area (Å²) >= 11 is 0. The molecule has 25 heavy (non-hydrogen) atoms. The molecular formula is C15H20N4O6. The molecule has 1 unspecified atom stereocenters. The molecule has 10 heteroatoms. The molecule has 2 N–H and O–H groups in total. The lowest BCUT2D eigenvalue weighted by atomic mass is 10.1. The van der Waals surface area contributed by atoms with E-state index in [1.807, 2.05) is 0 Å². The van der Waals surface area contributed by atoms with Gasteiger partial charge in [-0.05, 0) is 27.7 Å². The highest BCUT2D eigenvalue weighted by Crippen LogP contribution is 2.17. The minimum absolute atomic E-state index is 0.121. The molecule has 0 spiro atoms. The number of anilines is 1. The number of ether oxygens (including phenoxy) is 1. The van der Waals surface area contributed by atoms with Crippen molar-refractivity contribution in [1.29, 1.82) is 0 Å². The normalized spacial score (nSPS) is 17.2. The maximum Gasteiger partial charge on any atom is 0.325 e. The summed E-state index contributed by atoms with van der Waals surface area (Å²) in [5, 5.41) is 8.55. The molecular weight excluding hydrogens is 332 g/mol. The molecule has 2 heterocycles. The summed E-state index contributed by atoms with van der Waals surface area (Å²) in [5.41, 5.74) is -0.996. The lowest BCUT2D eigenvalue weighted by molar-refractivity contribution is -0.153. The predicted octanol–water partition coefficient (Wildman–Crippen LogP) is 0.574. The number of aromatic nitrogens is 1. The molecule has 2 rings (SSSR count). The van der Waals surface area contributed by atoms with Gasteiger partial charge in [-0.2, -0.15) is 0 Å². The van der Waals surface area contributed by atoms with Crippen LogP contribution < -0.4 is 10.6 Å². The van der Waals surface area contributed by atoms with Gasteiger partial charge in [0.25, 0.3) is 11.8 Å². The van der Waals surface area contributed by atoms with Gasteiger partial charge in [0.2, 0.25) is 0 Å². The van der Waals surface area contributed by atoms with Crippen LogP contribution in [0.2, 0.25) is 0 Å². The summed E-state index contributed by atoms with van der Waals surface area (Å²) in [4.78, 5) is 48.4. The van der Waals surface area contributed by atoms with E-state index in [0.717, 1.165) is 4.90 Å². The predicted molar refractivity (Wildman–Crippen MR) is 84.4 cm³/mol. The molecule has 4 amide bonds. The lowest BCUT2D eigenvalue weighted by Gasteiger charge is -2.16. The summed E-state index contributed by atoms with van der Waals surface area (Å²) in [5.74, 6) is -0.956. The summed E-state index contributed by atoms with van der Waals surface area (Å²) in [7, 11) is 0. The Morgan fingerprint density at radius 2 is 2.12 bits per heavy atom. The van der Waals surface area contributed by atoms with E-state index < -0.39 is 35.5 Å². The number of hydrogen-bond donors (Lipinski definition) is 2. The minimum atomic E-state index is -1.07. The highest BCUT2D eigenvalue weighted by Gasteiger charge is 2.44. The Kier molecular flexibility index (Phi) is 5.10. The average Bonchev–Trinajstić information content (AvgIpc) is 2.99. The molecule has 0 aromatic carbocycles. The molecule has 0 aliphatic carbocycles. The molecule has 1 aliphatic rings. The molecule has 1 aliphatic heterocycles. The highest BCUT2D eigenvalue weighted by molar-refractivity contribution is 6.06. The van der Waals surface area contributed by atoms with E-state index in [1.165, 1.54) is 13.0 Å². The maximum absolute atomic E-state index is 12.0. The third-order valence-corrected chi connectivity index (χ3v) is 3.54. The fourth-order valence-corrected chi connectivity index (χ4v) is 2.19. The topological polar surface area (TPSA) is 131 Å². The Morgan fingerprint density at radius 3 is 2.64 bits per heavy atom. The van der Waals surface area contributed by atoms with E-state index in [2.05, 4.69) is 15.8 Å². The largest absolute Gasteiger partial charge is 0.452 e. The standard InChI is InChI=1S/C15H20N4O6/c1-8-7-10(18-25-8)16-12(21)9(2)24-11(20)5-6-19-13(22)15(3,4)17-14(19)23/h7,9H,5-6H2,1-4H3,(H,17,23)(H,16,18,21). The monoisotopic (exact) mass is 352 g/mol. The van der Waals surface area contributed by atoms with Crippen LogP contribution in [0.4, 0.5) is 10.6 Å². The van der Waals surface area contributed by atoms with Gasteiger partial charge in [-0.1, -0.05) is 5.16 Å². The average molecular weight is 352 g/mol. The number of nitrogens with zero attached hydrogens (tertiary/aromatic N) is 2. The summed E-state index contributed by atoms with van der Waals surface area (Å²) in [6.45, 7) is 6.09. The van der Waals surface area contributed by atoms with Crippen LogP contribution in [0.3, 0.4) is 0 Å². The van der Waals surface area contributed by atoms with Crippen LogP contribution in [0.5, 0.6) is 0 Å². The second-order valence-corrected chi connectivity index (χ2v) is 6.21. The number of carbonyl (C=O) groups is 4. The molecule has 1 aromatic heterocycles. The number of rotatable bonds is 6. The summed E-state index contributed by atoms with van der Waals surface area (Å²) in [6.07, 6.45) is -1.28. The number of hydrogen-bond acceptors (Lipinski definition) is 7. The Labute approximate surface area is 143 Å². The number of urea groups is 1. The van der Waals surface area contributed by atoms with Crippen LogP contribution in [-0.4, -0.2) is 52.1 Å². The fourth-order valence-electron chi connectivity index (χ4n) is 2.19. The van der Waals surface area contributed by atoms with E-state index in [4.69, 9.17) is 9.26 Å². The van der Waals surface area contributed by atoms with Crippen molar-refractivity contribution < 1.29 is 28.4 Å². The summed E-state index contributed by atoms with van der Waals surface area (Å²) < 4.78 is 9.81. The third kappa shape index (κ3) is 4.34. The Morgan fingerprint density at radius 1 is 1.44 bits per heavy atom. The van der Waals surface area contributed by atoms with Gasteiger partial charge in [0, 0.05) is 12.6 Å². The SMILES string of the molecule is Cc1cc(NC(=O)C(C)OC(=O)CCN2C(=O)NC(C)(C)C2=O)no1. The number of amides is 4. The zero-order valence-electron chi connectivity index (χ0n) is 14.4. The van der Waals surface area contributed by atoms with Gasteiger partial charge < -0.3 is 19.9 Å². The van der Waals surface area contributed by atoms with E-state index in [1.54, 1.807) is 20.8 Å². The molecule has 1 atom stereocenters. The number of nitrogens with one attached hydrogen (secondary N) is 2. The number of carbonyl (C=O) groups excluding carboxylic acids is 4. The molecule has 1 saturated heterocycles. The molecule has 0 radical (unpaired) electrons. The van der Waals surface area contributed by atoms with Gasteiger partial charge in [0.05, 0.1) is 6.42 Å². The van der Waals surface area contributed by atoms with Crippen molar-refractivity contribution in [3.8, 4) is 0 Å². The van der Waals surface area contributed by atoms with E-state index in [-0.39, 0.29) is 18.8 Å². The molecule has 136 valence electrons. The molecule has 1 aromatic rings. The second-order valence-electron chi connectivity index (χ2n) is 6.21. The van der Waals surface area contributed by atoms with Crippen LogP contribution in [0.25, 0.3) is 0 Å². The van der Waals surface area contributed by atoms with E-state index >= 15 is 0 Å². The van der Waals surface area contributed by atoms with Gasteiger partial charge in [-0.15, -0.1) is 0 Å². The van der Waals surface area contributed by atoms with Crippen LogP contribution >= 0.6 is 0 Å². The molecule has 10 nitrogen and oxygen atoms in total. The van der Waals surface area contributed by atoms with Crippen molar-refractivity contribution in [3.05, 3.63) is 11.8 Å².